The molecule has 2 aliphatic carbocycles. The number of carbonyl (C=O) groups is 2. The molecule has 4 aliphatic rings. The van der Waals surface area contributed by atoms with Gasteiger partial charge in [-0.25, -0.2) is 9.59 Å². The Bertz CT molecular complexity index is 2210. The van der Waals surface area contributed by atoms with Crippen molar-refractivity contribution in [2.24, 2.45) is 0 Å². The molecule has 1 saturated carbocycles. The minimum Gasteiger partial charge on any atom is -0.449 e. The summed E-state index contributed by atoms with van der Waals surface area (Å²) in [5.74, 6) is 0.00666. The molecule has 53 heavy (non-hydrogen) atoms. The number of thiophene rings is 1. The van der Waals surface area contributed by atoms with Gasteiger partial charge in [-0.05, 0) is 105 Å². The minimum atomic E-state index is -0.534. The number of likely N-dealkylation sites (tertiary alicyclic amines) is 1. The minimum absolute atomic E-state index is 0.00666. The Labute approximate surface area is 319 Å². The van der Waals surface area contributed by atoms with Gasteiger partial charge in [0.25, 0.3) is 0 Å². The third kappa shape index (κ3) is 6.31. The van der Waals surface area contributed by atoms with Gasteiger partial charge < -0.3 is 24.6 Å². The largest absolute Gasteiger partial charge is 0.449 e. The summed E-state index contributed by atoms with van der Waals surface area (Å²) in [4.78, 5) is 36.6. The SMILES string of the molecule is CC(C)(C)OC(=O)N1CCC(N2CCCc3cc(Cl)cc(-c4ccnc5cc(C6(NC(=O)OCC7c8ccccc8-c8ccccc87)CC6)sc45)c32)C1. The van der Waals surface area contributed by atoms with Crippen molar-refractivity contribution < 1.29 is 19.1 Å². The first-order chi connectivity index (χ1) is 25.6. The number of aryl methyl sites for hydroxylation is 1. The van der Waals surface area contributed by atoms with Crippen LogP contribution in [0.5, 0.6) is 0 Å². The molecule has 1 N–H and O–H groups in total. The highest BCUT2D eigenvalue weighted by molar-refractivity contribution is 7.19. The average Bonchev–Trinajstić information content (AvgIpc) is 3.45. The van der Waals surface area contributed by atoms with E-state index in [0.29, 0.717) is 18.1 Å². The number of rotatable bonds is 6. The Morgan fingerprint density at radius 3 is 2.42 bits per heavy atom. The molecule has 9 rings (SSSR count). The van der Waals surface area contributed by atoms with E-state index in [-0.39, 0.29) is 24.7 Å². The van der Waals surface area contributed by atoms with Crippen LogP contribution in [0.3, 0.4) is 0 Å². The fourth-order valence-electron chi connectivity index (χ4n) is 8.57. The lowest BCUT2D eigenvalue weighted by atomic mass is 9.92. The molecule has 4 heterocycles. The van der Waals surface area contributed by atoms with E-state index in [4.69, 9.17) is 26.1 Å². The summed E-state index contributed by atoms with van der Waals surface area (Å²) >= 11 is 8.52. The Balaban J connectivity index is 0.970. The third-order valence-corrected chi connectivity index (χ3v) is 12.7. The molecule has 2 aliphatic heterocycles. The Kier molecular flexibility index (Phi) is 8.42. The van der Waals surface area contributed by atoms with Crippen molar-refractivity contribution in [1.29, 1.82) is 0 Å². The second-order valence-corrected chi connectivity index (χ2v) is 17.3. The van der Waals surface area contributed by atoms with Gasteiger partial charge in [-0.15, -0.1) is 11.3 Å². The molecule has 0 radical (unpaired) electrons. The van der Waals surface area contributed by atoms with Crippen LogP contribution < -0.4 is 10.2 Å². The van der Waals surface area contributed by atoms with E-state index in [9.17, 15) is 9.59 Å². The summed E-state index contributed by atoms with van der Waals surface area (Å²) in [6.45, 7) is 8.19. The van der Waals surface area contributed by atoms with Crippen molar-refractivity contribution in [1.82, 2.24) is 15.2 Å². The van der Waals surface area contributed by atoms with E-state index in [2.05, 4.69) is 70.9 Å². The smallest absolute Gasteiger partial charge is 0.410 e. The Hall–Kier alpha value is -4.60. The average molecular weight is 747 g/mol. The zero-order chi connectivity index (χ0) is 36.5. The highest BCUT2D eigenvalue weighted by Crippen LogP contribution is 2.52. The maximum atomic E-state index is 13.5. The molecule has 1 atom stereocenters. The molecule has 3 aromatic carbocycles. The van der Waals surface area contributed by atoms with E-state index in [1.165, 1.54) is 33.5 Å². The molecule has 2 aromatic heterocycles. The van der Waals surface area contributed by atoms with Gasteiger partial charge in [0.2, 0.25) is 0 Å². The van der Waals surface area contributed by atoms with Crippen molar-refractivity contribution in [3.05, 3.63) is 106 Å². The monoisotopic (exact) mass is 746 g/mol. The number of aromatic nitrogens is 1. The van der Waals surface area contributed by atoms with Gasteiger partial charge in [-0.2, -0.15) is 0 Å². The number of anilines is 1. The van der Waals surface area contributed by atoms with Crippen molar-refractivity contribution in [3.63, 3.8) is 0 Å². The van der Waals surface area contributed by atoms with Crippen LogP contribution in [-0.4, -0.2) is 60.0 Å². The van der Waals surface area contributed by atoms with Gasteiger partial charge in [0.15, 0.2) is 0 Å². The van der Waals surface area contributed by atoms with Gasteiger partial charge in [-0.3, -0.25) is 4.98 Å². The van der Waals surface area contributed by atoms with E-state index < -0.39 is 17.2 Å². The summed E-state index contributed by atoms with van der Waals surface area (Å²) in [7, 11) is 0. The number of halogens is 1. The van der Waals surface area contributed by atoms with E-state index >= 15 is 0 Å². The number of benzene rings is 3. The topological polar surface area (TPSA) is 84.0 Å². The van der Waals surface area contributed by atoms with E-state index in [0.717, 1.165) is 64.9 Å². The van der Waals surface area contributed by atoms with Crippen LogP contribution >= 0.6 is 22.9 Å². The predicted molar refractivity (Wildman–Crippen MR) is 211 cm³/mol. The molecule has 10 heteroatoms. The quantitative estimate of drug-likeness (QED) is 0.186. The third-order valence-electron chi connectivity index (χ3n) is 11.2. The molecule has 0 spiro atoms. The molecule has 1 saturated heterocycles. The first-order valence-electron chi connectivity index (χ1n) is 18.7. The molecule has 1 unspecified atom stereocenters. The molecule has 5 aromatic rings. The molecular formula is C43H43ClN4O4S. The number of alkyl carbamates (subject to hydrolysis) is 1. The van der Waals surface area contributed by atoms with Crippen LogP contribution in [0.2, 0.25) is 5.02 Å². The number of carbonyl (C=O) groups excluding carboxylic acids is 2. The molecule has 8 nitrogen and oxygen atoms in total. The van der Waals surface area contributed by atoms with Crippen molar-refractivity contribution in [2.45, 2.75) is 76.0 Å². The number of ether oxygens (including phenoxy) is 2. The highest BCUT2D eigenvalue weighted by Gasteiger charge is 2.48. The van der Waals surface area contributed by atoms with Crippen LogP contribution in [0, 0.1) is 0 Å². The summed E-state index contributed by atoms with van der Waals surface area (Å²) in [5, 5.41) is 3.96. The number of hydrogen-bond acceptors (Lipinski definition) is 7. The number of nitrogens with one attached hydrogen (secondary N) is 1. The molecular weight excluding hydrogens is 704 g/mol. The first-order valence-corrected chi connectivity index (χ1v) is 19.9. The second kappa shape index (κ2) is 13.1. The number of pyridine rings is 1. The van der Waals surface area contributed by atoms with Gasteiger partial charge in [-0.1, -0.05) is 60.1 Å². The van der Waals surface area contributed by atoms with Crippen molar-refractivity contribution >= 4 is 51.0 Å². The zero-order valence-corrected chi connectivity index (χ0v) is 31.9. The fourth-order valence-corrected chi connectivity index (χ4v) is 10.2. The Morgan fingerprint density at radius 1 is 0.962 bits per heavy atom. The first kappa shape index (κ1) is 34.2. The van der Waals surface area contributed by atoms with Crippen LogP contribution in [0.25, 0.3) is 32.5 Å². The van der Waals surface area contributed by atoms with E-state index in [1.54, 1.807) is 11.3 Å². The van der Waals surface area contributed by atoms with Crippen LogP contribution in [-0.2, 0) is 21.4 Å². The Morgan fingerprint density at radius 2 is 1.70 bits per heavy atom. The van der Waals surface area contributed by atoms with Gasteiger partial charge in [0.05, 0.1) is 15.8 Å². The van der Waals surface area contributed by atoms with Crippen LogP contribution in [0.4, 0.5) is 15.3 Å². The number of hydrogen-bond donors (Lipinski definition) is 1. The van der Waals surface area contributed by atoms with Crippen LogP contribution in [0.1, 0.15) is 73.9 Å². The van der Waals surface area contributed by atoms with Crippen molar-refractivity contribution in [3.8, 4) is 22.3 Å². The molecule has 272 valence electrons. The lowest BCUT2D eigenvalue weighted by Crippen LogP contribution is -2.43. The maximum Gasteiger partial charge on any atom is 0.410 e. The molecule has 2 fully saturated rings. The number of amides is 2. The normalized spacial score (nSPS) is 18.8. The summed E-state index contributed by atoms with van der Waals surface area (Å²) in [6.07, 6.45) is 5.74. The van der Waals surface area contributed by atoms with Gasteiger partial charge in [0.1, 0.15) is 12.2 Å². The van der Waals surface area contributed by atoms with Gasteiger partial charge in [0, 0.05) is 64.5 Å². The highest BCUT2D eigenvalue weighted by atomic mass is 35.5. The zero-order valence-electron chi connectivity index (χ0n) is 30.3. The number of nitrogens with zero attached hydrogens (tertiary/aromatic N) is 3. The van der Waals surface area contributed by atoms with Gasteiger partial charge >= 0.3 is 12.2 Å². The van der Waals surface area contributed by atoms with E-state index in [1.807, 2.05) is 44.0 Å². The number of fused-ring (bicyclic) bond motifs is 5. The summed E-state index contributed by atoms with van der Waals surface area (Å²) < 4.78 is 12.8. The summed E-state index contributed by atoms with van der Waals surface area (Å²) in [5.41, 5.74) is 9.28. The summed E-state index contributed by atoms with van der Waals surface area (Å²) in [6, 6.07) is 25.3. The fraction of sp³-hybridized carbons (Fsp3) is 0.372. The second-order valence-electron chi connectivity index (χ2n) is 15.8. The predicted octanol–water partition coefficient (Wildman–Crippen LogP) is 9.91. The molecule has 2 amide bonds. The lowest BCUT2D eigenvalue weighted by molar-refractivity contribution is 0.0292. The standard InChI is InChI=1S/C43H43ClN4O4S/c1-42(2,3)52-41(50)47-20-15-28(24-47)48-19-8-9-26-21-27(44)22-34(38(26)48)33-14-18-45-36-23-37(53-39(33)36)43(16-17-43)46-40(49)51-25-35-31-12-6-4-10-29(31)30-11-5-7-13-32(30)35/h4-7,10-14,18,21-23,28,35H,8-9,15-17,19-20,24-25H2,1-3H3,(H,46,49). The maximum absolute atomic E-state index is 13.5. The van der Waals surface area contributed by atoms with Crippen molar-refractivity contribution in [2.75, 3.05) is 31.1 Å². The molecule has 0 bridgehead atoms. The lowest BCUT2D eigenvalue weighted by Gasteiger charge is -2.38. The van der Waals surface area contributed by atoms with Crippen LogP contribution in [0.15, 0.2) is 79.0 Å².